The third kappa shape index (κ3) is 3.27. The van der Waals surface area contributed by atoms with E-state index in [1.54, 1.807) is 4.68 Å². The van der Waals surface area contributed by atoms with Gasteiger partial charge in [-0.05, 0) is 22.8 Å². The number of rotatable bonds is 6. The van der Waals surface area contributed by atoms with Gasteiger partial charge in [0.25, 0.3) is 0 Å². The first-order valence-electron chi connectivity index (χ1n) is 6.24. The second-order valence-electron chi connectivity index (χ2n) is 4.73. The van der Waals surface area contributed by atoms with Gasteiger partial charge < -0.3 is 14.6 Å². The lowest BCUT2D eigenvalue weighted by Gasteiger charge is -2.17. The van der Waals surface area contributed by atoms with Gasteiger partial charge in [0.1, 0.15) is 6.10 Å². The number of tetrazole rings is 1. The van der Waals surface area contributed by atoms with Crippen LogP contribution in [0, 0.1) is 5.92 Å². The zero-order chi connectivity index (χ0) is 13.8. The lowest BCUT2D eigenvalue weighted by molar-refractivity contribution is -0.140. The first-order valence-corrected chi connectivity index (χ1v) is 6.24. The van der Waals surface area contributed by atoms with E-state index < -0.39 is 12.1 Å². The van der Waals surface area contributed by atoms with E-state index in [0.29, 0.717) is 24.9 Å². The summed E-state index contributed by atoms with van der Waals surface area (Å²) in [6.07, 6.45) is 0.297. The normalized spacial score (nSPS) is 24.5. The lowest BCUT2D eigenvalue weighted by Crippen LogP contribution is -2.25. The van der Waals surface area contributed by atoms with Gasteiger partial charge >= 0.3 is 5.97 Å². The van der Waals surface area contributed by atoms with Crippen LogP contribution in [0.15, 0.2) is 0 Å². The van der Waals surface area contributed by atoms with Crippen molar-refractivity contribution in [2.45, 2.75) is 38.5 Å². The van der Waals surface area contributed by atoms with Crippen molar-refractivity contribution in [2.75, 3.05) is 13.7 Å². The Morgan fingerprint density at radius 2 is 2.47 bits per heavy atom. The molecular formula is C11H18N4O4. The molecule has 0 radical (unpaired) electrons. The highest BCUT2D eigenvalue weighted by Gasteiger charge is 2.31. The number of hydrogen-bond donors (Lipinski definition) is 1. The maximum Gasteiger partial charge on any atom is 0.306 e. The predicted octanol–water partition coefficient (Wildman–Crippen LogP) is 0.260. The average Bonchev–Trinajstić information content (AvgIpc) is 2.96. The van der Waals surface area contributed by atoms with Crippen LogP contribution in [0.1, 0.15) is 31.7 Å². The zero-order valence-electron chi connectivity index (χ0n) is 11.0. The molecule has 8 heteroatoms. The molecule has 0 aliphatic carbocycles. The monoisotopic (exact) mass is 270 g/mol. The molecule has 1 fully saturated rings. The fourth-order valence-corrected chi connectivity index (χ4v) is 2.18. The Morgan fingerprint density at radius 1 is 1.68 bits per heavy atom. The smallest absolute Gasteiger partial charge is 0.306 e. The van der Waals surface area contributed by atoms with E-state index >= 15 is 0 Å². The van der Waals surface area contributed by atoms with Gasteiger partial charge in [-0.2, -0.15) is 0 Å². The van der Waals surface area contributed by atoms with Crippen molar-refractivity contribution in [1.29, 1.82) is 0 Å². The van der Waals surface area contributed by atoms with E-state index in [1.165, 1.54) is 7.11 Å². The van der Waals surface area contributed by atoms with Gasteiger partial charge in [-0.25, -0.2) is 4.68 Å². The molecule has 1 aromatic heterocycles. The molecule has 2 heterocycles. The Bertz CT molecular complexity index is 436. The molecule has 0 amide bonds. The van der Waals surface area contributed by atoms with Crippen molar-refractivity contribution >= 4 is 5.97 Å². The van der Waals surface area contributed by atoms with Crippen LogP contribution in [-0.4, -0.2) is 51.1 Å². The molecule has 0 aromatic carbocycles. The fraction of sp³-hybridized carbons (Fsp3) is 0.818. The van der Waals surface area contributed by atoms with Crippen molar-refractivity contribution in [2.24, 2.45) is 5.92 Å². The van der Waals surface area contributed by atoms with Crippen LogP contribution in [0.5, 0.6) is 0 Å². The third-order valence-corrected chi connectivity index (χ3v) is 3.31. The molecule has 0 bridgehead atoms. The van der Waals surface area contributed by atoms with Crippen LogP contribution in [0.2, 0.25) is 0 Å². The number of aliphatic carboxylic acids is 1. The molecule has 8 nitrogen and oxygen atoms in total. The topological polar surface area (TPSA) is 99.4 Å². The third-order valence-electron chi connectivity index (χ3n) is 3.31. The summed E-state index contributed by atoms with van der Waals surface area (Å²) in [4.78, 5) is 10.7. The molecule has 1 aromatic rings. The molecular weight excluding hydrogens is 252 g/mol. The Kier molecular flexibility index (Phi) is 4.43. The van der Waals surface area contributed by atoms with Crippen LogP contribution < -0.4 is 0 Å². The zero-order valence-corrected chi connectivity index (χ0v) is 11.0. The highest BCUT2D eigenvalue weighted by molar-refractivity contribution is 5.67. The van der Waals surface area contributed by atoms with E-state index in [-0.39, 0.29) is 12.5 Å². The Labute approximate surface area is 110 Å². The molecule has 19 heavy (non-hydrogen) atoms. The molecule has 1 N–H and O–H groups in total. The molecule has 3 unspecified atom stereocenters. The van der Waals surface area contributed by atoms with Gasteiger partial charge in [0, 0.05) is 13.7 Å². The standard InChI is InChI=1S/C11H18N4O4/c1-7-3-4-19-10(7)11-12-13-14-15(11)6-8(18-2)5-9(16)17/h7-8,10H,3-6H2,1-2H3,(H,16,17). The number of carboxylic acids is 1. The van der Waals surface area contributed by atoms with E-state index in [9.17, 15) is 4.79 Å². The molecule has 106 valence electrons. The Hall–Kier alpha value is -1.54. The Morgan fingerprint density at radius 3 is 3.05 bits per heavy atom. The van der Waals surface area contributed by atoms with Gasteiger partial charge in [0.15, 0.2) is 5.82 Å². The minimum absolute atomic E-state index is 0.0864. The van der Waals surface area contributed by atoms with Crippen molar-refractivity contribution in [3.05, 3.63) is 5.82 Å². The van der Waals surface area contributed by atoms with E-state index in [1.807, 2.05) is 0 Å². The van der Waals surface area contributed by atoms with E-state index in [4.69, 9.17) is 14.6 Å². The first kappa shape index (κ1) is 13.9. The van der Waals surface area contributed by atoms with Crippen LogP contribution in [0.25, 0.3) is 0 Å². The molecule has 0 spiro atoms. The summed E-state index contributed by atoms with van der Waals surface area (Å²) in [5.74, 6) is 0.0783. The van der Waals surface area contributed by atoms with Crippen LogP contribution in [0.3, 0.4) is 0 Å². The van der Waals surface area contributed by atoms with Crippen LogP contribution in [0.4, 0.5) is 0 Å². The van der Waals surface area contributed by atoms with Gasteiger partial charge in [0.2, 0.25) is 0 Å². The maximum absolute atomic E-state index is 10.7. The number of hydrogen-bond acceptors (Lipinski definition) is 6. The quantitative estimate of drug-likeness (QED) is 0.791. The average molecular weight is 270 g/mol. The second-order valence-corrected chi connectivity index (χ2v) is 4.73. The molecule has 3 atom stereocenters. The summed E-state index contributed by atoms with van der Waals surface area (Å²) in [6.45, 7) is 3.08. The number of nitrogens with zero attached hydrogens (tertiary/aromatic N) is 4. The summed E-state index contributed by atoms with van der Waals surface area (Å²) in [7, 11) is 1.48. The van der Waals surface area contributed by atoms with Crippen molar-refractivity contribution < 1.29 is 19.4 Å². The minimum Gasteiger partial charge on any atom is -0.481 e. The highest BCUT2D eigenvalue weighted by Crippen LogP contribution is 2.32. The highest BCUT2D eigenvalue weighted by atomic mass is 16.5. The summed E-state index contributed by atoms with van der Waals surface area (Å²) < 4.78 is 12.3. The molecule has 1 saturated heterocycles. The summed E-state index contributed by atoms with van der Waals surface area (Å²) in [6, 6.07) is 0. The van der Waals surface area contributed by atoms with Gasteiger partial charge in [-0.1, -0.05) is 6.92 Å². The predicted molar refractivity (Wildman–Crippen MR) is 63.3 cm³/mol. The first-order chi connectivity index (χ1) is 9.11. The van der Waals surface area contributed by atoms with E-state index in [0.717, 1.165) is 6.42 Å². The van der Waals surface area contributed by atoms with Crippen LogP contribution >= 0.6 is 0 Å². The molecule has 0 saturated carbocycles. The number of ether oxygens (including phenoxy) is 2. The molecule has 1 aliphatic rings. The largest absolute Gasteiger partial charge is 0.481 e. The van der Waals surface area contributed by atoms with Gasteiger partial charge in [-0.15, -0.1) is 5.10 Å². The number of methoxy groups -OCH3 is 1. The van der Waals surface area contributed by atoms with Gasteiger partial charge in [-0.3, -0.25) is 4.79 Å². The number of carboxylic acid groups (broad SMARTS) is 1. The Balaban J connectivity index is 2.08. The van der Waals surface area contributed by atoms with Crippen molar-refractivity contribution in [3.63, 3.8) is 0 Å². The van der Waals surface area contributed by atoms with Crippen molar-refractivity contribution in [1.82, 2.24) is 20.2 Å². The van der Waals surface area contributed by atoms with Gasteiger partial charge in [0.05, 0.1) is 19.1 Å². The van der Waals surface area contributed by atoms with Crippen molar-refractivity contribution in [3.8, 4) is 0 Å². The molecule has 2 rings (SSSR count). The second kappa shape index (κ2) is 6.07. The summed E-state index contributed by atoms with van der Waals surface area (Å²) >= 11 is 0. The maximum atomic E-state index is 10.7. The number of aromatic nitrogens is 4. The lowest BCUT2D eigenvalue weighted by atomic mass is 10.0. The van der Waals surface area contributed by atoms with Crippen LogP contribution in [-0.2, 0) is 20.8 Å². The summed E-state index contributed by atoms with van der Waals surface area (Å²) in [5.41, 5.74) is 0. The molecule has 1 aliphatic heterocycles. The fourth-order valence-electron chi connectivity index (χ4n) is 2.18. The van der Waals surface area contributed by atoms with E-state index in [2.05, 4.69) is 22.4 Å². The summed E-state index contributed by atoms with van der Waals surface area (Å²) in [5, 5.41) is 20.3. The minimum atomic E-state index is -0.910. The SMILES string of the molecule is COC(CC(=O)O)Cn1nnnc1C1OCCC1C. The number of carbonyl (C=O) groups is 1.